The minimum absolute atomic E-state index is 0.685. The molecule has 0 unspecified atom stereocenters. The summed E-state index contributed by atoms with van der Waals surface area (Å²) in [6.45, 7) is 0. The quantitative estimate of drug-likeness (QED) is 0.162. The smallest absolute Gasteiger partial charge is 0.160 e. The van der Waals surface area contributed by atoms with Crippen molar-refractivity contribution in [1.29, 1.82) is 0 Å². The highest BCUT2D eigenvalue weighted by atomic mass is 16.5. The fourth-order valence-electron chi connectivity index (χ4n) is 8.43. The van der Waals surface area contributed by atoms with Crippen molar-refractivity contribution in [3.8, 4) is 33.8 Å². The van der Waals surface area contributed by atoms with Crippen LogP contribution in [0.2, 0.25) is 0 Å². The third-order valence-corrected chi connectivity index (χ3v) is 11.3. The number of anilines is 3. The molecule has 0 fully saturated rings. The predicted octanol–water partition coefficient (Wildman–Crippen LogP) is 14.6. The lowest BCUT2D eigenvalue weighted by Crippen LogP contribution is -2.10. The summed E-state index contributed by atoms with van der Waals surface area (Å²) in [5, 5.41) is 4.69. The second-order valence-corrected chi connectivity index (χ2v) is 14.9. The summed E-state index contributed by atoms with van der Waals surface area (Å²) in [5.74, 6) is 2.43. The first-order valence-electron chi connectivity index (χ1n) is 20.0. The van der Waals surface area contributed by atoms with E-state index < -0.39 is 0 Å². The van der Waals surface area contributed by atoms with Gasteiger partial charge in [0, 0.05) is 40.0 Å². The molecule has 0 bridgehead atoms. The molecule has 0 aliphatic carbocycles. The summed E-state index contributed by atoms with van der Waals surface area (Å²) in [5.41, 5.74) is 12.8. The number of para-hydroxylation sites is 1. The van der Waals surface area contributed by atoms with Crippen molar-refractivity contribution in [2.75, 3.05) is 4.90 Å². The molecule has 2 aliphatic heterocycles. The van der Waals surface area contributed by atoms with Crippen molar-refractivity contribution in [2.24, 2.45) is 9.98 Å². The Morgan fingerprint density at radius 2 is 1.07 bits per heavy atom. The molecule has 0 spiro atoms. The molecule has 0 saturated heterocycles. The Morgan fingerprint density at radius 3 is 1.86 bits per heavy atom. The van der Waals surface area contributed by atoms with Crippen LogP contribution in [-0.2, 0) is 0 Å². The van der Waals surface area contributed by atoms with Crippen molar-refractivity contribution in [2.45, 2.75) is 6.42 Å². The minimum Gasteiger partial charge on any atom is -0.456 e. The molecule has 0 saturated carbocycles. The highest BCUT2D eigenvalue weighted by Crippen LogP contribution is 2.50. The maximum atomic E-state index is 6.69. The molecule has 2 aliphatic rings. The van der Waals surface area contributed by atoms with Gasteiger partial charge < -0.3 is 9.64 Å². The molecule has 4 nitrogen and oxygen atoms in total. The number of hydrogen-bond acceptors (Lipinski definition) is 4. The van der Waals surface area contributed by atoms with Crippen LogP contribution in [0.25, 0.3) is 49.5 Å². The van der Waals surface area contributed by atoms with E-state index in [4.69, 9.17) is 14.7 Å². The van der Waals surface area contributed by atoms with Crippen LogP contribution in [0.4, 0.5) is 17.1 Å². The second-order valence-electron chi connectivity index (χ2n) is 14.9. The van der Waals surface area contributed by atoms with Crippen molar-refractivity contribution in [3.05, 3.63) is 229 Å². The van der Waals surface area contributed by atoms with Gasteiger partial charge in [0.25, 0.3) is 0 Å². The van der Waals surface area contributed by atoms with E-state index in [9.17, 15) is 0 Å². The van der Waals surface area contributed by atoms with E-state index in [1.165, 1.54) is 10.8 Å². The Labute approximate surface area is 343 Å². The predicted molar refractivity (Wildman–Crippen MR) is 246 cm³/mol. The van der Waals surface area contributed by atoms with Gasteiger partial charge in [-0.1, -0.05) is 164 Å². The van der Waals surface area contributed by atoms with Gasteiger partial charge in [-0.05, 0) is 92.5 Å². The Balaban J connectivity index is 0.964. The van der Waals surface area contributed by atoms with E-state index in [0.717, 1.165) is 89.7 Å². The van der Waals surface area contributed by atoms with E-state index in [0.29, 0.717) is 12.3 Å². The van der Waals surface area contributed by atoms with Crippen LogP contribution in [-0.4, -0.2) is 11.5 Å². The summed E-state index contributed by atoms with van der Waals surface area (Å²) in [6.07, 6.45) is 2.88. The first-order chi connectivity index (χ1) is 29.2. The first kappa shape index (κ1) is 34.4. The van der Waals surface area contributed by atoms with Crippen LogP contribution in [0.1, 0.15) is 23.1 Å². The minimum atomic E-state index is 0.685. The molecule has 0 aromatic heterocycles. The molecule has 2 heterocycles. The number of hydrogen-bond donors (Lipinski definition) is 0. The summed E-state index contributed by atoms with van der Waals surface area (Å²) < 4.78 is 6.69. The van der Waals surface area contributed by atoms with Gasteiger partial charge in [0.15, 0.2) is 5.84 Å². The molecule has 0 radical (unpaired) electrons. The Bertz CT molecular complexity index is 3130. The topological polar surface area (TPSA) is 37.2 Å². The van der Waals surface area contributed by atoms with Gasteiger partial charge in [0.05, 0.1) is 11.4 Å². The normalized spacial score (nSPS) is 13.1. The van der Waals surface area contributed by atoms with E-state index >= 15 is 0 Å². The molecule has 0 N–H and O–H groups in total. The van der Waals surface area contributed by atoms with Gasteiger partial charge in [-0.25, -0.2) is 9.98 Å². The van der Waals surface area contributed by atoms with Crippen molar-refractivity contribution in [3.63, 3.8) is 0 Å². The van der Waals surface area contributed by atoms with E-state index in [1.807, 2.05) is 24.3 Å². The zero-order chi connectivity index (χ0) is 39.1. The molecule has 59 heavy (non-hydrogen) atoms. The van der Waals surface area contributed by atoms with Gasteiger partial charge in [0.2, 0.25) is 0 Å². The first-order valence-corrected chi connectivity index (χ1v) is 20.0. The number of aliphatic imine (C=N–C) groups is 2. The second kappa shape index (κ2) is 14.6. The van der Waals surface area contributed by atoms with Gasteiger partial charge in [-0.15, -0.1) is 0 Å². The van der Waals surface area contributed by atoms with Gasteiger partial charge in [-0.2, -0.15) is 0 Å². The van der Waals surface area contributed by atoms with Crippen LogP contribution >= 0.6 is 0 Å². The average molecular weight is 756 g/mol. The number of rotatable bonds is 7. The van der Waals surface area contributed by atoms with Crippen molar-refractivity contribution < 1.29 is 4.74 Å². The Hall–Kier alpha value is -7.82. The number of amidine groups is 1. The summed E-state index contributed by atoms with van der Waals surface area (Å²) in [6, 6.07) is 72.6. The summed E-state index contributed by atoms with van der Waals surface area (Å²) in [7, 11) is 0. The standard InChI is InChI=1S/C55H37N3O/c1-4-14-39(15-5-1)50-31-32-51(57-55(56-50)41-16-6-2-7-17-41)40-25-23-38(24-26-40)46-30-34-53-54-47(46)21-12-22-48(54)49-36-45(29-33-52(49)59-53)58(43-19-8-3-9-20-43)44-28-27-37-13-10-11-18-42(37)35-44/h1-30,32-36H,31H2. The molecular weight excluding hydrogens is 719 g/mol. The lowest BCUT2D eigenvalue weighted by Gasteiger charge is -2.28. The maximum Gasteiger partial charge on any atom is 0.160 e. The zero-order valence-corrected chi connectivity index (χ0v) is 32.2. The SMILES string of the molecule is C1=C(c2ccc(-c3ccc4c5c(cccc35)-c3cc(N(c5ccccc5)c5ccc6ccccc6c5)ccc3O4)cc2)N=C(c2ccccc2)N=C(c2ccccc2)C1. The number of ether oxygens (including phenoxy) is 1. The molecular formula is C55H37N3O. The molecule has 278 valence electrons. The molecule has 0 amide bonds. The summed E-state index contributed by atoms with van der Waals surface area (Å²) >= 11 is 0. The fourth-order valence-corrected chi connectivity index (χ4v) is 8.43. The molecule has 0 atom stereocenters. The largest absolute Gasteiger partial charge is 0.456 e. The van der Waals surface area contributed by atoms with Crippen LogP contribution in [0.15, 0.2) is 222 Å². The lowest BCUT2D eigenvalue weighted by atomic mass is 9.90. The van der Waals surface area contributed by atoms with Gasteiger partial charge in [-0.3, -0.25) is 0 Å². The van der Waals surface area contributed by atoms with Gasteiger partial charge >= 0.3 is 0 Å². The fraction of sp³-hybridized carbons (Fsp3) is 0.0182. The number of benzene rings is 9. The Morgan fingerprint density at radius 1 is 0.407 bits per heavy atom. The molecule has 11 rings (SSSR count). The number of fused-ring (bicyclic) bond motifs is 3. The highest BCUT2D eigenvalue weighted by molar-refractivity contribution is 6.15. The third-order valence-electron chi connectivity index (χ3n) is 11.3. The average Bonchev–Trinajstić information content (AvgIpc) is 3.54. The Kier molecular flexibility index (Phi) is 8.52. The number of nitrogens with zero attached hydrogens (tertiary/aromatic N) is 3. The monoisotopic (exact) mass is 755 g/mol. The zero-order valence-electron chi connectivity index (χ0n) is 32.2. The van der Waals surface area contributed by atoms with Gasteiger partial charge in [0.1, 0.15) is 11.5 Å². The van der Waals surface area contributed by atoms with Crippen LogP contribution < -0.4 is 9.64 Å². The molecule has 4 heteroatoms. The molecule has 9 aromatic rings. The van der Waals surface area contributed by atoms with Crippen LogP contribution in [0.5, 0.6) is 11.5 Å². The van der Waals surface area contributed by atoms with Crippen LogP contribution in [0, 0.1) is 0 Å². The van der Waals surface area contributed by atoms with Crippen molar-refractivity contribution >= 4 is 55.9 Å². The lowest BCUT2D eigenvalue weighted by molar-refractivity contribution is 0.487. The van der Waals surface area contributed by atoms with Crippen molar-refractivity contribution in [1.82, 2.24) is 0 Å². The van der Waals surface area contributed by atoms with E-state index in [2.05, 4.69) is 193 Å². The number of allylic oxidation sites excluding steroid dienone is 1. The summed E-state index contributed by atoms with van der Waals surface area (Å²) in [4.78, 5) is 12.6. The molecule has 9 aromatic carbocycles. The van der Waals surface area contributed by atoms with Crippen LogP contribution in [0.3, 0.4) is 0 Å². The van der Waals surface area contributed by atoms with E-state index in [-0.39, 0.29) is 0 Å². The highest BCUT2D eigenvalue weighted by Gasteiger charge is 2.24. The third kappa shape index (κ3) is 6.37. The van der Waals surface area contributed by atoms with E-state index in [1.54, 1.807) is 0 Å². The maximum absolute atomic E-state index is 6.69.